The van der Waals surface area contributed by atoms with Crippen molar-refractivity contribution in [1.29, 1.82) is 5.26 Å². The van der Waals surface area contributed by atoms with Crippen LogP contribution in [-0.4, -0.2) is 9.97 Å². The predicted molar refractivity (Wildman–Crippen MR) is 62.0 cm³/mol. The molecule has 84 valence electrons. The SMILES string of the molecule is Cc1cc(C2CCC2)nc(C(C)(C)C#N)n1. The maximum atomic E-state index is 9.11. The Morgan fingerprint density at radius 1 is 1.38 bits per heavy atom. The van der Waals surface area contributed by atoms with Crippen LogP contribution in [0.25, 0.3) is 0 Å². The Labute approximate surface area is 96.5 Å². The lowest BCUT2D eigenvalue weighted by Gasteiger charge is -2.26. The summed E-state index contributed by atoms with van der Waals surface area (Å²) in [6.07, 6.45) is 3.75. The first-order valence-electron chi connectivity index (χ1n) is 5.80. The zero-order valence-corrected chi connectivity index (χ0v) is 10.1. The summed E-state index contributed by atoms with van der Waals surface area (Å²) in [6, 6.07) is 4.32. The van der Waals surface area contributed by atoms with Gasteiger partial charge < -0.3 is 0 Å². The molecular formula is C13H17N3. The van der Waals surface area contributed by atoms with Crippen LogP contribution in [0.3, 0.4) is 0 Å². The molecule has 1 aliphatic carbocycles. The minimum atomic E-state index is -0.593. The van der Waals surface area contributed by atoms with Gasteiger partial charge in [-0.2, -0.15) is 5.26 Å². The van der Waals surface area contributed by atoms with Crippen LogP contribution in [0.2, 0.25) is 0 Å². The van der Waals surface area contributed by atoms with E-state index < -0.39 is 5.41 Å². The van der Waals surface area contributed by atoms with Crippen molar-refractivity contribution >= 4 is 0 Å². The Bertz CT molecular complexity index is 439. The van der Waals surface area contributed by atoms with Gasteiger partial charge in [-0.1, -0.05) is 6.42 Å². The number of hydrogen-bond acceptors (Lipinski definition) is 3. The van der Waals surface area contributed by atoms with Gasteiger partial charge in [0.05, 0.1) is 6.07 Å². The molecule has 1 saturated carbocycles. The van der Waals surface area contributed by atoms with Gasteiger partial charge in [-0.3, -0.25) is 0 Å². The van der Waals surface area contributed by atoms with Gasteiger partial charge in [-0.05, 0) is 39.7 Å². The Hall–Kier alpha value is -1.43. The van der Waals surface area contributed by atoms with Crippen molar-refractivity contribution < 1.29 is 0 Å². The van der Waals surface area contributed by atoms with E-state index in [1.807, 2.05) is 20.8 Å². The van der Waals surface area contributed by atoms with Crippen LogP contribution in [-0.2, 0) is 5.41 Å². The third kappa shape index (κ3) is 1.92. The monoisotopic (exact) mass is 215 g/mol. The molecule has 3 nitrogen and oxygen atoms in total. The summed E-state index contributed by atoms with van der Waals surface area (Å²) in [7, 11) is 0. The van der Waals surface area contributed by atoms with Crippen molar-refractivity contribution in [2.75, 3.05) is 0 Å². The summed E-state index contributed by atoms with van der Waals surface area (Å²) in [5.41, 5.74) is 1.50. The molecule has 1 heterocycles. The minimum absolute atomic E-state index is 0.593. The molecule has 0 bridgehead atoms. The summed E-state index contributed by atoms with van der Waals surface area (Å²) >= 11 is 0. The molecule has 3 heteroatoms. The molecule has 0 atom stereocenters. The van der Waals surface area contributed by atoms with Crippen molar-refractivity contribution in [3.8, 4) is 6.07 Å². The topological polar surface area (TPSA) is 49.6 Å². The van der Waals surface area contributed by atoms with Gasteiger partial charge in [0.2, 0.25) is 0 Å². The first-order valence-corrected chi connectivity index (χ1v) is 5.80. The highest BCUT2D eigenvalue weighted by Gasteiger charge is 2.27. The largest absolute Gasteiger partial charge is 0.237 e. The number of aryl methyl sites for hydroxylation is 1. The van der Waals surface area contributed by atoms with E-state index in [0.29, 0.717) is 11.7 Å². The third-order valence-corrected chi connectivity index (χ3v) is 3.24. The molecule has 0 saturated heterocycles. The lowest BCUT2D eigenvalue weighted by Crippen LogP contribution is -2.21. The standard InChI is InChI=1S/C13H17N3/c1-9-7-11(10-5-4-6-10)16-12(15-9)13(2,3)8-14/h7,10H,4-6H2,1-3H3. The lowest BCUT2D eigenvalue weighted by molar-refractivity contribution is 0.407. The van der Waals surface area contributed by atoms with E-state index in [2.05, 4.69) is 22.1 Å². The van der Waals surface area contributed by atoms with Crippen molar-refractivity contribution in [3.05, 3.63) is 23.3 Å². The lowest BCUT2D eigenvalue weighted by atomic mass is 9.82. The van der Waals surface area contributed by atoms with Crippen molar-refractivity contribution in [3.63, 3.8) is 0 Å². The van der Waals surface area contributed by atoms with Crippen LogP contribution >= 0.6 is 0 Å². The van der Waals surface area contributed by atoms with E-state index in [9.17, 15) is 0 Å². The zero-order valence-electron chi connectivity index (χ0n) is 10.1. The van der Waals surface area contributed by atoms with Crippen LogP contribution in [0.5, 0.6) is 0 Å². The van der Waals surface area contributed by atoms with E-state index in [0.717, 1.165) is 11.4 Å². The van der Waals surface area contributed by atoms with Gasteiger partial charge in [0.1, 0.15) is 11.2 Å². The number of rotatable bonds is 2. The van der Waals surface area contributed by atoms with Crippen molar-refractivity contribution in [1.82, 2.24) is 9.97 Å². The van der Waals surface area contributed by atoms with Gasteiger partial charge in [0.25, 0.3) is 0 Å². The second-order valence-electron chi connectivity index (χ2n) is 5.12. The average molecular weight is 215 g/mol. The summed E-state index contributed by atoms with van der Waals surface area (Å²) in [6.45, 7) is 5.71. The second kappa shape index (κ2) is 3.86. The van der Waals surface area contributed by atoms with Crippen LogP contribution < -0.4 is 0 Å². The molecule has 1 aromatic heterocycles. The fourth-order valence-corrected chi connectivity index (χ4v) is 1.84. The van der Waals surface area contributed by atoms with Gasteiger partial charge >= 0.3 is 0 Å². The summed E-state index contributed by atoms with van der Waals surface area (Å²) < 4.78 is 0. The van der Waals surface area contributed by atoms with Gasteiger partial charge in [0, 0.05) is 17.3 Å². The van der Waals surface area contributed by atoms with Gasteiger partial charge in [-0.15, -0.1) is 0 Å². The maximum absolute atomic E-state index is 9.11. The molecule has 1 aromatic rings. The fourth-order valence-electron chi connectivity index (χ4n) is 1.84. The molecule has 0 aliphatic heterocycles. The molecule has 0 radical (unpaired) electrons. The Balaban J connectivity index is 2.40. The number of hydrogen-bond donors (Lipinski definition) is 0. The summed E-state index contributed by atoms with van der Waals surface area (Å²) in [5.74, 6) is 1.26. The second-order valence-corrected chi connectivity index (χ2v) is 5.12. The highest BCUT2D eigenvalue weighted by Crippen LogP contribution is 2.36. The van der Waals surface area contributed by atoms with E-state index in [1.165, 1.54) is 19.3 Å². The quantitative estimate of drug-likeness (QED) is 0.762. The van der Waals surface area contributed by atoms with Crippen molar-refractivity contribution in [2.45, 2.75) is 51.4 Å². The summed E-state index contributed by atoms with van der Waals surface area (Å²) in [4.78, 5) is 8.95. The third-order valence-electron chi connectivity index (χ3n) is 3.24. The number of aromatic nitrogens is 2. The Morgan fingerprint density at radius 3 is 2.56 bits per heavy atom. The number of nitriles is 1. The van der Waals surface area contributed by atoms with E-state index in [-0.39, 0.29) is 0 Å². The predicted octanol–water partition coefficient (Wildman–Crippen LogP) is 2.85. The molecule has 0 N–H and O–H groups in total. The van der Waals surface area contributed by atoms with E-state index in [4.69, 9.17) is 5.26 Å². The molecule has 1 fully saturated rings. The molecule has 1 aliphatic rings. The van der Waals surface area contributed by atoms with E-state index in [1.54, 1.807) is 0 Å². The van der Waals surface area contributed by atoms with Crippen LogP contribution in [0.1, 0.15) is 56.2 Å². The molecule has 0 unspecified atom stereocenters. The normalized spacial score (nSPS) is 16.6. The van der Waals surface area contributed by atoms with E-state index >= 15 is 0 Å². The summed E-state index contributed by atoms with van der Waals surface area (Å²) in [5, 5.41) is 9.11. The molecule has 2 rings (SSSR count). The average Bonchev–Trinajstić information content (AvgIpc) is 2.14. The Kier molecular flexibility index (Phi) is 2.67. The van der Waals surface area contributed by atoms with Gasteiger partial charge in [-0.25, -0.2) is 9.97 Å². The molecule has 0 spiro atoms. The van der Waals surface area contributed by atoms with Crippen LogP contribution in [0, 0.1) is 18.3 Å². The highest BCUT2D eigenvalue weighted by molar-refractivity contribution is 5.23. The van der Waals surface area contributed by atoms with Gasteiger partial charge in [0.15, 0.2) is 0 Å². The highest BCUT2D eigenvalue weighted by atomic mass is 14.9. The molecule has 16 heavy (non-hydrogen) atoms. The minimum Gasteiger partial charge on any atom is -0.237 e. The smallest absolute Gasteiger partial charge is 0.148 e. The molecular weight excluding hydrogens is 198 g/mol. The van der Waals surface area contributed by atoms with Crippen molar-refractivity contribution in [2.24, 2.45) is 0 Å². The molecule has 0 aromatic carbocycles. The maximum Gasteiger partial charge on any atom is 0.148 e. The first kappa shape index (κ1) is 11.1. The zero-order chi connectivity index (χ0) is 11.8. The molecule has 0 amide bonds. The van der Waals surface area contributed by atoms with Crippen LogP contribution in [0.15, 0.2) is 6.07 Å². The number of nitrogens with zero attached hydrogens (tertiary/aromatic N) is 3. The van der Waals surface area contributed by atoms with Crippen LogP contribution in [0.4, 0.5) is 0 Å². The first-order chi connectivity index (χ1) is 7.53. The fraction of sp³-hybridized carbons (Fsp3) is 0.615. The Morgan fingerprint density at radius 2 is 2.06 bits per heavy atom.